The highest BCUT2D eigenvalue weighted by atomic mass is 35.5. The van der Waals surface area contributed by atoms with Gasteiger partial charge in [-0.3, -0.25) is 4.98 Å². The molecule has 1 fully saturated rings. The summed E-state index contributed by atoms with van der Waals surface area (Å²) in [4.78, 5) is 4.45. The lowest BCUT2D eigenvalue weighted by atomic mass is 9.78. The van der Waals surface area contributed by atoms with E-state index in [1.54, 1.807) is 0 Å². The average Bonchev–Trinajstić information content (AvgIpc) is 2.49. The molecular formula is C17H19ClN2. The molecule has 0 amide bonds. The smallest absolute Gasteiger partial charge is 0.0441 e. The Hall–Kier alpha value is -1.38. The summed E-state index contributed by atoms with van der Waals surface area (Å²) in [5.74, 6) is 0.909. The van der Waals surface area contributed by atoms with Gasteiger partial charge in [0.25, 0.3) is 0 Å². The van der Waals surface area contributed by atoms with Gasteiger partial charge >= 0.3 is 0 Å². The molecule has 2 atom stereocenters. The first kappa shape index (κ1) is 13.6. The number of hydrogen-bond acceptors (Lipinski definition) is 2. The molecule has 0 radical (unpaired) electrons. The monoisotopic (exact) mass is 286 g/mol. The van der Waals surface area contributed by atoms with Gasteiger partial charge in [0.1, 0.15) is 0 Å². The normalized spacial score (nSPS) is 22.7. The summed E-state index contributed by atoms with van der Waals surface area (Å²) in [6.07, 6.45) is 3.15. The summed E-state index contributed by atoms with van der Waals surface area (Å²) in [5.41, 5.74) is 3.63. The number of halogens is 1. The van der Waals surface area contributed by atoms with Crippen LogP contribution in [0.1, 0.15) is 35.1 Å². The maximum Gasteiger partial charge on any atom is 0.0441 e. The third kappa shape index (κ3) is 2.72. The maximum absolute atomic E-state index is 6.39. The van der Waals surface area contributed by atoms with Gasteiger partial charge in [0.2, 0.25) is 0 Å². The molecule has 1 aliphatic rings. The van der Waals surface area contributed by atoms with Gasteiger partial charge in [-0.1, -0.05) is 35.9 Å². The largest absolute Gasteiger partial charge is 0.316 e. The molecule has 0 aliphatic carbocycles. The first-order chi connectivity index (χ1) is 9.75. The number of nitrogens with one attached hydrogen (secondary N) is 1. The maximum atomic E-state index is 6.39. The number of hydrogen-bond donors (Lipinski definition) is 1. The summed E-state index contributed by atoms with van der Waals surface area (Å²) in [5, 5.41) is 4.36. The van der Waals surface area contributed by atoms with Crippen molar-refractivity contribution in [3.63, 3.8) is 0 Å². The van der Waals surface area contributed by atoms with Crippen LogP contribution in [0.5, 0.6) is 0 Å². The van der Waals surface area contributed by atoms with Crippen molar-refractivity contribution in [2.45, 2.75) is 25.2 Å². The van der Waals surface area contributed by atoms with Gasteiger partial charge in [0.15, 0.2) is 0 Å². The number of rotatable bonds is 2. The zero-order valence-corrected chi connectivity index (χ0v) is 12.4. The Labute approximate surface area is 125 Å². The van der Waals surface area contributed by atoms with Crippen LogP contribution in [0.4, 0.5) is 0 Å². The molecule has 1 N–H and O–H groups in total. The summed E-state index contributed by atoms with van der Waals surface area (Å²) in [6.45, 7) is 4.06. The van der Waals surface area contributed by atoms with E-state index in [2.05, 4.69) is 34.6 Å². The fraction of sp³-hybridized carbons (Fsp3) is 0.353. The van der Waals surface area contributed by atoms with Crippen LogP contribution in [-0.4, -0.2) is 18.1 Å². The SMILES string of the molecule is Cc1ccc(C2CCNCC2c2ccccc2Cl)cn1. The minimum Gasteiger partial charge on any atom is -0.316 e. The standard InChI is InChI=1S/C17H19ClN2/c1-12-6-7-13(10-20-12)14-8-9-19-11-16(14)15-4-2-3-5-17(15)18/h2-7,10,14,16,19H,8-9,11H2,1H3. The Kier molecular flexibility index (Phi) is 4.04. The molecule has 2 heterocycles. The number of nitrogens with zero attached hydrogens (tertiary/aromatic N) is 1. The molecule has 1 aliphatic heterocycles. The highest BCUT2D eigenvalue weighted by Gasteiger charge is 2.29. The molecule has 1 aromatic heterocycles. The van der Waals surface area contributed by atoms with Gasteiger partial charge < -0.3 is 5.32 Å². The molecule has 1 saturated heterocycles. The van der Waals surface area contributed by atoms with Gasteiger partial charge in [-0.25, -0.2) is 0 Å². The van der Waals surface area contributed by atoms with E-state index in [4.69, 9.17) is 11.6 Å². The van der Waals surface area contributed by atoms with Crippen molar-refractivity contribution in [3.05, 3.63) is 64.4 Å². The van der Waals surface area contributed by atoms with Crippen LogP contribution in [0.2, 0.25) is 5.02 Å². The van der Waals surface area contributed by atoms with Crippen molar-refractivity contribution in [2.24, 2.45) is 0 Å². The van der Waals surface area contributed by atoms with Crippen LogP contribution in [0, 0.1) is 6.92 Å². The molecule has 0 saturated carbocycles. The predicted octanol–water partition coefficient (Wildman–Crippen LogP) is 3.90. The molecule has 0 bridgehead atoms. The molecule has 2 nitrogen and oxygen atoms in total. The summed E-state index contributed by atoms with van der Waals surface area (Å²) in [6, 6.07) is 12.5. The Bertz CT molecular complexity index is 580. The van der Waals surface area contributed by atoms with Crippen molar-refractivity contribution >= 4 is 11.6 Å². The lowest BCUT2D eigenvalue weighted by Gasteiger charge is -2.33. The zero-order chi connectivity index (χ0) is 13.9. The Morgan fingerprint density at radius 2 is 2.00 bits per heavy atom. The van der Waals surface area contributed by atoms with Crippen molar-refractivity contribution in [3.8, 4) is 0 Å². The fourth-order valence-corrected chi connectivity index (χ4v) is 3.33. The summed E-state index contributed by atoms with van der Waals surface area (Å²) >= 11 is 6.39. The van der Waals surface area contributed by atoms with E-state index in [0.717, 1.165) is 30.2 Å². The summed E-state index contributed by atoms with van der Waals surface area (Å²) in [7, 11) is 0. The van der Waals surface area contributed by atoms with E-state index in [0.29, 0.717) is 11.8 Å². The lowest BCUT2D eigenvalue weighted by molar-refractivity contribution is 0.403. The molecule has 20 heavy (non-hydrogen) atoms. The van der Waals surface area contributed by atoms with Crippen molar-refractivity contribution in [1.29, 1.82) is 0 Å². The van der Waals surface area contributed by atoms with E-state index < -0.39 is 0 Å². The van der Waals surface area contributed by atoms with Crippen LogP contribution >= 0.6 is 11.6 Å². The molecule has 1 aromatic carbocycles. The molecular weight excluding hydrogens is 268 g/mol. The molecule has 0 spiro atoms. The quantitative estimate of drug-likeness (QED) is 0.905. The minimum atomic E-state index is 0.418. The van der Waals surface area contributed by atoms with Gasteiger partial charge in [0.05, 0.1) is 0 Å². The van der Waals surface area contributed by atoms with Crippen LogP contribution in [-0.2, 0) is 0 Å². The van der Waals surface area contributed by atoms with Crippen molar-refractivity contribution in [2.75, 3.05) is 13.1 Å². The fourth-order valence-electron chi connectivity index (χ4n) is 3.06. The van der Waals surface area contributed by atoms with Crippen molar-refractivity contribution < 1.29 is 0 Å². The zero-order valence-electron chi connectivity index (χ0n) is 11.6. The van der Waals surface area contributed by atoms with E-state index in [1.807, 2.05) is 25.3 Å². The van der Waals surface area contributed by atoms with E-state index in [9.17, 15) is 0 Å². The van der Waals surface area contributed by atoms with Crippen LogP contribution in [0.3, 0.4) is 0 Å². The first-order valence-corrected chi connectivity index (χ1v) is 7.51. The lowest BCUT2D eigenvalue weighted by Crippen LogP contribution is -2.34. The minimum absolute atomic E-state index is 0.418. The number of aromatic nitrogens is 1. The second-order valence-electron chi connectivity index (χ2n) is 5.46. The number of pyridine rings is 1. The van der Waals surface area contributed by atoms with Crippen LogP contribution < -0.4 is 5.32 Å². The van der Waals surface area contributed by atoms with E-state index in [-0.39, 0.29) is 0 Å². The number of aryl methyl sites for hydroxylation is 1. The van der Waals surface area contributed by atoms with Gasteiger partial charge in [-0.15, -0.1) is 0 Å². The molecule has 2 aromatic rings. The van der Waals surface area contributed by atoms with Crippen LogP contribution in [0.15, 0.2) is 42.6 Å². The van der Waals surface area contributed by atoms with Gasteiger partial charge in [-0.05, 0) is 49.1 Å². The van der Waals surface area contributed by atoms with Crippen molar-refractivity contribution in [1.82, 2.24) is 10.3 Å². The Balaban J connectivity index is 1.95. The third-order valence-corrected chi connectivity index (χ3v) is 4.49. The van der Waals surface area contributed by atoms with Gasteiger partial charge in [0, 0.05) is 29.4 Å². The average molecular weight is 287 g/mol. The highest BCUT2D eigenvalue weighted by Crippen LogP contribution is 2.39. The molecule has 104 valence electrons. The molecule has 3 rings (SSSR count). The highest BCUT2D eigenvalue weighted by molar-refractivity contribution is 6.31. The van der Waals surface area contributed by atoms with E-state index >= 15 is 0 Å². The van der Waals surface area contributed by atoms with E-state index in [1.165, 1.54) is 11.1 Å². The second-order valence-corrected chi connectivity index (χ2v) is 5.87. The first-order valence-electron chi connectivity index (χ1n) is 7.13. The number of piperidine rings is 1. The number of benzene rings is 1. The summed E-state index contributed by atoms with van der Waals surface area (Å²) < 4.78 is 0. The molecule has 3 heteroatoms. The van der Waals surface area contributed by atoms with Gasteiger partial charge in [-0.2, -0.15) is 0 Å². The Morgan fingerprint density at radius 3 is 2.75 bits per heavy atom. The third-order valence-electron chi connectivity index (χ3n) is 4.15. The Morgan fingerprint density at radius 1 is 1.15 bits per heavy atom. The second kappa shape index (κ2) is 5.94. The molecule has 2 unspecified atom stereocenters. The predicted molar refractivity (Wildman–Crippen MR) is 83.4 cm³/mol. The van der Waals surface area contributed by atoms with Crippen LogP contribution in [0.25, 0.3) is 0 Å². The topological polar surface area (TPSA) is 24.9 Å².